The summed E-state index contributed by atoms with van der Waals surface area (Å²) < 4.78 is 5.54. The molecule has 94 valence electrons. The molecule has 17 heavy (non-hydrogen) atoms. The fourth-order valence-electron chi connectivity index (χ4n) is 1.94. The number of hydrogen-bond donors (Lipinski definition) is 1. The van der Waals surface area contributed by atoms with Crippen LogP contribution >= 0.6 is 0 Å². The van der Waals surface area contributed by atoms with Crippen LogP contribution in [0.5, 0.6) is 0 Å². The van der Waals surface area contributed by atoms with E-state index in [4.69, 9.17) is 9.84 Å². The molecule has 0 aliphatic rings. The van der Waals surface area contributed by atoms with Gasteiger partial charge in [-0.1, -0.05) is 48.9 Å². The third kappa shape index (κ3) is 4.72. The van der Waals surface area contributed by atoms with Gasteiger partial charge in [-0.3, -0.25) is 0 Å². The van der Waals surface area contributed by atoms with E-state index in [0.29, 0.717) is 5.92 Å². The monoisotopic (exact) mass is 234 g/mol. The zero-order valence-corrected chi connectivity index (χ0v) is 10.9. The Morgan fingerprint density at radius 3 is 2.53 bits per heavy atom. The normalized spacial score (nSPS) is 15.6. The highest BCUT2D eigenvalue weighted by Gasteiger charge is 2.15. The highest BCUT2D eigenvalue weighted by atomic mass is 16.5. The first-order chi connectivity index (χ1) is 8.17. The van der Waals surface area contributed by atoms with E-state index >= 15 is 0 Å². The van der Waals surface area contributed by atoms with Gasteiger partial charge >= 0.3 is 0 Å². The zero-order valence-electron chi connectivity index (χ0n) is 10.9. The highest BCUT2D eigenvalue weighted by molar-refractivity contribution is 5.16. The minimum atomic E-state index is 0.117. The Kier molecular flexibility index (Phi) is 5.95. The third-order valence-corrected chi connectivity index (χ3v) is 2.97. The SMILES string of the molecule is CO[C@@H](Cc1ccccc1)[C@@H](C)/C=C(\C)CO. The van der Waals surface area contributed by atoms with Gasteiger partial charge in [0, 0.05) is 13.0 Å². The van der Waals surface area contributed by atoms with Crippen LogP contribution in [0.3, 0.4) is 0 Å². The van der Waals surface area contributed by atoms with Crippen LogP contribution in [0, 0.1) is 5.92 Å². The number of hydrogen-bond acceptors (Lipinski definition) is 2. The maximum Gasteiger partial charge on any atom is 0.0671 e. The van der Waals surface area contributed by atoms with Gasteiger partial charge in [0.15, 0.2) is 0 Å². The number of methoxy groups -OCH3 is 1. The van der Waals surface area contributed by atoms with Crippen molar-refractivity contribution in [3.8, 4) is 0 Å². The van der Waals surface area contributed by atoms with Gasteiger partial charge in [-0.05, 0) is 18.9 Å². The van der Waals surface area contributed by atoms with Crippen molar-refractivity contribution in [1.82, 2.24) is 0 Å². The predicted octanol–water partition coefficient (Wildman–Crippen LogP) is 2.82. The molecule has 0 saturated heterocycles. The van der Waals surface area contributed by atoms with Crippen molar-refractivity contribution < 1.29 is 9.84 Å². The zero-order chi connectivity index (χ0) is 12.7. The van der Waals surface area contributed by atoms with Crippen LogP contribution in [0.15, 0.2) is 42.0 Å². The molecule has 2 nitrogen and oxygen atoms in total. The summed E-state index contributed by atoms with van der Waals surface area (Å²) in [6.45, 7) is 4.17. The Morgan fingerprint density at radius 1 is 1.35 bits per heavy atom. The number of aliphatic hydroxyl groups is 1. The molecule has 0 aliphatic heterocycles. The van der Waals surface area contributed by atoms with Crippen molar-refractivity contribution in [2.24, 2.45) is 5.92 Å². The fourth-order valence-corrected chi connectivity index (χ4v) is 1.94. The molecule has 0 aromatic heterocycles. The van der Waals surface area contributed by atoms with Gasteiger partial charge in [0.1, 0.15) is 0 Å². The predicted molar refractivity (Wildman–Crippen MR) is 70.9 cm³/mol. The van der Waals surface area contributed by atoms with Gasteiger partial charge in [-0.2, -0.15) is 0 Å². The molecule has 1 aromatic rings. The number of benzene rings is 1. The molecule has 0 saturated carbocycles. The van der Waals surface area contributed by atoms with Crippen LogP contribution in [0.2, 0.25) is 0 Å². The van der Waals surface area contributed by atoms with E-state index < -0.39 is 0 Å². The second-order valence-corrected chi connectivity index (χ2v) is 4.49. The summed E-state index contributed by atoms with van der Waals surface area (Å²) in [6, 6.07) is 10.3. The van der Waals surface area contributed by atoms with Crippen LogP contribution in [-0.2, 0) is 11.2 Å². The summed E-state index contributed by atoms with van der Waals surface area (Å²) in [5, 5.41) is 9.02. The third-order valence-electron chi connectivity index (χ3n) is 2.97. The van der Waals surface area contributed by atoms with E-state index in [0.717, 1.165) is 12.0 Å². The Morgan fingerprint density at radius 2 is 2.00 bits per heavy atom. The minimum absolute atomic E-state index is 0.117. The summed E-state index contributed by atoms with van der Waals surface area (Å²) in [5.74, 6) is 0.298. The molecule has 0 amide bonds. The van der Waals surface area contributed by atoms with Crippen LogP contribution in [0.4, 0.5) is 0 Å². The lowest BCUT2D eigenvalue weighted by molar-refractivity contribution is 0.0742. The van der Waals surface area contributed by atoms with Crippen molar-refractivity contribution in [3.05, 3.63) is 47.5 Å². The standard InChI is InChI=1S/C15H22O2/c1-12(11-16)9-13(2)15(17-3)10-14-7-5-4-6-8-14/h4-9,13,15-16H,10-11H2,1-3H3/b12-9+/t13-,15-/m0/s1. The summed E-state index contributed by atoms with van der Waals surface area (Å²) in [7, 11) is 1.74. The van der Waals surface area contributed by atoms with Crippen LogP contribution in [-0.4, -0.2) is 24.9 Å². The lowest BCUT2D eigenvalue weighted by Gasteiger charge is -2.20. The van der Waals surface area contributed by atoms with E-state index in [2.05, 4.69) is 25.1 Å². The van der Waals surface area contributed by atoms with Crippen molar-refractivity contribution >= 4 is 0 Å². The first-order valence-electron chi connectivity index (χ1n) is 6.02. The molecular weight excluding hydrogens is 212 g/mol. The maximum atomic E-state index is 9.02. The maximum absolute atomic E-state index is 9.02. The lowest BCUT2D eigenvalue weighted by Crippen LogP contribution is -2.22. The number of rotatable bonds is 6. The van der Waals surface area contributed by atoms with Crippen molar-refractivity contribution in [3.63, 3.8) is 0 Å². The Hall–Kier alpha value is -1.12. The molecule has 2 heteroatoms. The van der Waals surface area contributed by atoms with E-state index in [9.17, 15) is 0 Å². The van der Waals surface area contributed by atoms with Crippen molar-refractivity contribution in [2.45, 2.75) is 26.4 Å². The van der Waals surface area contributed by atoms with Gasteiger partial charge in [0.05, 0.1) is 12.7 Å². The molecule has 2 atom stereocenters. The van der Waals surface area contributed by atoms with Crippen molar-refractivity contribution in [1.29, 1.82) is 0 Å². The first kappa shape index (κ1) is 13.9. The lowest BCUT2D eigenvalue weighted by atomic mass is 9.96. The Bertz CT molecular complexity index is 343. The summed E-state index contributed by atoms with van der Waals surface area (Å²) in [4.78, 5) is 0. The van der Waals surface area contributed by atoms with E-state index in [1.807, 2.05) is 25.1 Å². The smallest absolute Gasteiger partial charge is 0.0671 e. The number of ether oxygens (including phenoxy) is 1. The average Bonchev–Trinajstić information content (AvgIpc) is 2.36. The van der Waals surface area contributed by atoms with Crippen molar-refractivity contribution in [2.75, 3.05) is 13.7 Å². The van der Waals surface area contributed by atoms with Gasteiger partial charge in [-0.15, -0.1) is 0 Å². The second kappa shape index (κ2) is 7.25. The minimum Gasteiger partial charge on any atom is -0.392 e. The Balaban J connectivity index is 2.66. The van der Waals surface area contributed by atoms with Crippen LogP contribution in [0.1, 0.15) is 19.4 Å². The summed E-state index contributed by atoms with van der Waals surface area (Å²) >= 11 is 0. The van der Waals surface area contributed by atoms with E-state index in [-0.39, 0.29) is 12.7 Å². The first-order valence-corrected chi connectivity index (χ1v) is 6.02. The molecule has 0 radical (unpaired) electrons. The second-order valence-electron chi connectivity index (χ2n) is 4.49. The molecular formula is C15H22O2. The molecule has 0 fully saturated rings. The van der Waals surface area contributed by atoms with Crippen LogP contribution in [0.25, 0.3) is 0 Å². The molecule has 0 bridgehead atoms. The molecule has 1 N–H and O–H groups in total. The number of aliphatic hydroxyl groups excluding tert-OH is 1. The molecule has 0 unspecified atom stereocenters. The topological polar surface area (TPSA) is 29.5 Å². The van der Waals surface area contributed by atoms with Crippen LogP contribution < -0.4 is 0 Å². The van der Waals surface area contributed by atoms with E-state index in [1.165, 1.54) is 5.56 Å². The summed E-state index contributed by atoms with van der Waals surface area (Å²) in [5.41, 5.74) is 2.27. The largest absolute Gasteiger partial charge is 0.392 e. The fraction of sp³-hybridized carbons (Fsp3) is 0.467. The van der Waals surface area contributed by atoms with Gasteiger partial charge in [0.25, 0.3) is 0 Å². The van der Waals surface area contributed by atoms with Gasteiger partial charge in [0.2, 0.25) is 0 Å². The quantitative estimate of drug-likeness (QED) is 0.767. The molecule has 1 rings (SSSR count). The Labute approximate surface area is 104 Å². The van der Waals surface area contributed by atoms with E-state index in [1.54, 1.807) is 7.11 Å². The van der Waals surface area contributed by atoms with Gasteiger partial charge in [-0.25, -0.2) is 0 Å². The molecule has 0 spiro atoms. The molecule has 0 heterocycles. The van der Waals surface area contributed by atoms with Gasteiger partial charge < -0.3 is 9.84 Å². The highest BCUT2D eigenvalue weighted by Crippen LogP contribution is 2.16. The average molecular weight is 234 g/mol. The summed E-state index contributed by atoms with van der Waals surface area (Å²) in [6.07, 6.45) is 3.13. The molecule has 0 aliphatic carbocycles. The molecule has 1 aromatic carbocycles.